The molecule has 2 fully saturated rings. The van der Waals surface area contributed by atoms with Gasteiger partial charge in [-0.05, 0) is 33.1 Å². The van der Waals surface area contributed by atoms with Crippen LogP contribution >= 0.6 is 0 Å². The number of nitrogens with zero attached hydrogens (tertiary/aromatic N) is 3. The SMILES string of the molecule is CC(C)N1CC[C@H](NC(=O)c2noc(C3CC3)n2)C1. The van der Waals surface area contributed by atoms with Gasteiger partial charge >= 0.3 is 0 Å². The van der Waals surface area contributed by atoms with E-state index in [0.29, 0.717) is 17.9 Å². The first-order valence-corrected chi connectivity index (χ1v) is 7.02. The Kier molecular flexibility index (Phi) is 3.26. The predicted octanol–water partition coefficient (Wildman–Crippen LogP) is 1.16. The number of nitrogens with one attached hydrogen (secondary N) is 1. The Morgan fingerprint density at radius 1 is 1.42 bits per heavy atom. The molecule has 0 unspecified atom stereocenters. The molecule has 1 saturated heterocycles. The van der Waals surface area contributed by atoms with Gasteiger partial charge in [0.15, 0.2) is 0 Å². The van der Waals surface area contributed by atoms with Gasteiger partial charge in [-0.25, -0.2) is 0 Å². The van der Waals surface area contributed by atoms with Crippen molar-refractivity contribution in [1.29, 1.82) is 0 Å². The third-order valence-electron chi connectivity index (χ3n) is 3.86. The van der Waals surface area contributed by atoms with E-state index < -0.39 is 0 Å². The van der Waals surface area contributed by atoms with Gasteiger partial charge in [0.2, 0.25) is 5.89 Å². The van der Waals surface area contributed by atoms with Crippen molar-refractivity contribution in [2.75, 3.05) is 13.1 Å². The van der Waals surface area contributed by atoms with Crippen molar-refractivity contribution in [1.82, 2.24) is 20.4 Å². The van der Waals surface area contributed by atoms with Crippen LogP contribution in [0.2, 0.25) is 0 Å². The smallest absolute Gasteiger partial charge is 0.292 e. The third kappa shape index (κ3) is 2.78. The van der Waals surface area contributed by atoms with Gasteiger partial charge in [-0.2, -0.15) is 4.98 Å². The zero-order valence-electron chi connectivity index (χ0n) is 11.4. The topological polar surface area (TPSA) is 71.3 Å². The van der Waals surface area contributed by atoms with Crippen LogP contribution in [-0.4, -0.2) is 46.1 Å². The van der Waals surface area contributed by atoms with Gasteiger partial charge in [0, 0.05) is 31.1 Å². The van der Waals surface area contributed by atoms with Crippen LogP contribution in [0.3, 0.4) is 0 Å². The number of amides is 1. The second kappa shape index (κ2) is 4.92. The molecule has 0 aromatic carbocycles. The van der Waals surface area contributed by atoms with Crippen molar-refractivity contribution in [2.45, 2.75) is 51.1 Å². The van der Waals surface area contributed by atoms with E-state index >= 15 is 0 Å². The molecular weight excluding hydrogens is 244 g/mol. The first-order chi connectivity index (χ1) is 9.13. The van der Waals surface area contributed by atoms with Crippen molar-refractivity contribution in [2.24, 2.45) is 0 Å². The van der Waals surface area contributed by atoms with E-state index in [1.807, 2.05) is 0 Å². The van der Waals surface area contributed by atoms with Crippen molar-refractivity contribution < 1.29 is 9.32 Å². The van der Waals surface area contributed by atoms with Crippen LogP contribution in [0.5, 0.6) is 0 Å². The molecule has 19 heavy (non-hydrogen) atoms. The molecule has 6 heteroatoms. The van der Waals surface area contributed by atoms with Gasteiger partial charge in [0.1, 0.15) is 0 Å². The molecule has 1 saturated carbocycles. The summed E-state index contributed by atoms with van der Waals surface area (Å²) in [6.07, 6.45) is 3.17. The fourth-order valence-corrected chi connectivity index (χ4v) is 2.45. The summed E-state index contributed by atoms with van der Waals surface area (Å²) in [7, 11) is 0. The maximum absolute atomic E-state index is 12.0. The molecule has 1 N–H and O–H groups in total. The first-order valence-electron chi connectivity index (χ1n) is 7.02. The van der Waals surface area contributed by atoms with Crippen LogP contribution < -0.4 is 5.32 Å². The highest BCUT2D eigenvalue weighted by atomic mass is 16.5. The Morgan fingerprint density at radius 3 is 2.84 bits per heavy atom. The summed E-state index contributed by atoms with van der Waals surface area (Å²) in [4.78, 5) is 18.5. The largest absolute Gasteiger partial charge is 0.345 e. The van der Waals surface area contributed by atoms with E-state index in [1.165, 1.54) is 0 Å². The molecule has 2 aliphatic rings. The van der Waals surface area contributed by atoms with Gasteiger partial charge in [-0.1, -0.05) is 5.16 Å². The van der Waals surface area contributed by atoms with Crippen LogP contribution in [0.1, 0.15) is 55.5 Å². The molecule has 0 bridgehead atoms. The molecule has 3 rings (SSSR count). The van der Waals surface area contributed by atoms with E-state index in [1.54, 1.807) is 0 Å². The Labute approximate surface area is 112 Å². The van der Waals surface area contributed by atoms with Crippen molar-refractivity contribution in [3.05, 3.63) is 11.7 Å². The average molecular weight is 264 g/mol. The Hall–Kier alpha value is -1.43. The summed E-state index contributed by atoms with van der Waals surface area (Å²) >= 11 is 0. The van der Waals surface area contributed by atoms with E-state index in [2.05, 4.69) is 34.2 Å². The number of carbonyl (C=O) groups is 1. The zero-order chi connectivity index (χ0) is 13.4. The van der Waals surface area contributed by atoms with Crippen molar-refractivity contribution >= 4 is 5.91 Å². The van der Waals surface area contributed by atoms with Gasteiger partial charge in [0.05, 0.1) is 0 Å². The van der Waals surface area contributed by atoms with Crippen LogP contribution in [0.4, 0.5) is 0 Å². The third-order valence-corrected chi connectivity index (χ3v) is 3.86. The fraction of sp³-hybridized carbons (Fsp3) is 0.769. The van der Waals surface area contributed by atoms with Gasteiger partial charge in [-0.3, -0.25) is 9.69 Å². The first kappa shape index (κ1) is 12.6. The van der Waals surface area contributed by atoms with Crippen LogP contribution in [0.15, 0.2) is 4.52 Å². The molecule has 1 aromatic rings. The number of carbonyl (C=O) groups excluding carboxylic acids is 1. The van der Waals surface area contributed by atoms with E-state index in [-0.39, 0.29) is 17.8 Å². The molecule has 0 spiro atoms. The number of likely N-dealkylation sites (tertiary alicyclic amines) is 1. The molecule has 1 atom stereocenters. The van der Waals surface area contributed by atoms with Gasteiger partial charge in [0.25, 0.3) is 11.7 Å². The lowest BCUT2D eigenvalue weighted by Gasteiger charge is -2.20. The molecule has 0 radical (unpaired) electrons. The van der Waals surface area contributed by atoms with Crippen molar-refractivity contribution in [3.63, 3.8) is 0 Å². The minimum atomic E-state index is -0.216. The Bertz CT molecular complexity index is 467. The maximum atomic E-state index is 12.0. The molecule has 1 aliphatic heterocycles. The summed E-state index contributed by atoms with van der Waals surface area (Å²) in [5.74, 6) is 0.952. The normalized spacial score (nSPS) is 24.1. The zero-order valence-corrected chi connectivity index (χ0v) is 11.4. The van der Waals surface area contributed by atoms with Gasteiger partial charge in [-0.15, -0.1) is 0 Å². The summed E-state index contributed by atoms with van der Waals surface area (Å²) in [5, 5.41) is 6.75. The Balaban J connectivity index is 1.55. The summed E-state index contributed by atoms with van der Waals surface area (Å²) in [6.45, 7) is 6.27. The minimum Gasteiger partial charge on any atom is -0.345 e. The molecule has 1 amide bonds. The van der Waals surface area contributed by atoms with E-state index in [9.17, 15) is 4.79 Å². The van der Waals surface area contributed by atoms with Crippen molar-refractivity contribution in [3.8, 4) is 0 Å². The van der Waals surface area contributed by atoms with Crippen LogP contribution in [0, 0.1) is 0 Å². The minimum absolute atomic E-state index is 0.171. The molecule has 6 nitrogen and oxygen atoms in total. The maximum Gasteiger partial charge on any atom is 0.292 e. The summed E-state index contributed by atoms with van der Waals surface area (Å²) in [5.41, 5.74) is 0. The molecule has 2 heterocycles. The fourth-order valence-electron chi connectivity index (χ4n) is 2.45. The number of hydrogen-bond donors (Lipinski definition) is 1. The lowest BCUT2D eigenvalue weighted by atomic mass is 10.2. The second-order valence-corrected chi connectivity index (χ2v) is 5.78. The highest BCUT2D eigenvalue weighted by Crippen LogP contribution is 2.38. The monoisotopic (exact) mass is 264 g/mol. The van der Waals surface area contributed by atoms with E-state index in [0.717, 1.165) is 32.4 Å². The predicted molar refractivity (Wildman–Crippen MR) is 68.9 cm³/mol. The van der Waals surface area contributed by atoms with Crippen LogP contribution in [-0.2, 0) is 0 Å². The highest BCUT2D eigenvalue weighted by Gasteiger charge is 2.31. The molecular formula is C13H20N4O2. The quantitative estimate of drug-likeness (QED) is 0.883. The highest BCUT2D eigenvalue weighted by molar-refractivity contribution is 5.90. The second-order valence-electron chi connectivity index (χ2n) is 5.78. The standard InChI is InChI=1S/C13H20N4O2/c1-8(2)17-6-5-10(7-17)14-12(18)11-15-13(19-16-11)9-3-4-9/h8-10H,3-7H2,1-2H3,(H,14,18)/t10-/m0/s1. The number of hydrogen-bond acceptors (Lipinski definition) is 5. The lowest BCUT2D eigenvalue weighted by molar-refractivity contribution is 0.0923. The average Bonchev–Trinajstić information content (AvgIpc) is 2.92. The van der Waals surface area contributed by atoms with E-state index in [4.69, 9.17) is 4.52 Å². The Morgan fingerprint density at radius 2 is 2.21 bits per heavy atom. The molecule has 104 valence electrons. The lowest BCUT2D eigenvalue weighted by Crippen LogP contribution is -2.38. The van der Waals surface area contributed by atoms with Crippen LogP contribution in [0.25, 0.3) is 0 Å². The molecule has 1 aliphatic carbocycles. The summed E-state index contributed by atoms with van der Waals surface area (Å²) < 4.78 is 5.10. The summed E-state index contributed by atoms with van der Waals surface area (Å²) in [6, 6.07) is 0.714. The van der Waals surface area contributed by atoms with Gasteiger partial charge < -0.3 is 9.84 Å². The number of aromatic nitrogens is 2. The number of rotatable bonds is 4. The molecule has 1 aromatic heterocycles.